The molecule has 32 heavy (non-hydrogen) atoms. The van der Waals surface area contributed by atoms with Gasteiger partial charge in [-0.25, -0.2) is 4.79 Å². The molecule has 170 valence electrons. The molecule has 8 heteroatoms. The Balaban J connectivity index is 1.21. The Morgan fingerprint density at radius 1 is 1.19 bits per heavy atom. The highest BCUT2D eigenvalue weighted by Crippen LogP contribution is 2.56. The van der Waals surface area contributed by atoms with E-state index in [-0.39, 0.29) is 30.2 Å². The maximum absolute atomic E-state index is 12.9. The Hall–Kier alpha value is -2.90. The van der Waals surface area contributed by atoms with Crippen molar-refractivity contribution in [1.82, 2.24) is 15.1 Å². The van der Waals surface area contributed by atoms with Crippen molar-refractivity contribution >= 4 is 23.8 Å². The second-order valence-corrected chi connectivity index (χ2v) is 9.61. The van der Waals surface area contributed by atoms with Crippen LogP contribution in [0.1, 0.15) is 72.9 Å². The van der Waals surface area contributed by atoms with E-state index in [1.807, 2.05) is 17.9 Å². The fraction of sp³-hybridized carbons (Fsp3) is 0.583. The van der Waals surface area contributed by atoms with Gasteiger partial charge in [0.25, 0.3) is 5.91 Å². The quantitative estimate of drug-likeness (QED) is 0.731. The number of benzene rings is 1. The van der Waals surface area contributed by atoms with E-state index in [0.717, 1.165) is 44.3 Å². The molecular formula is C24H29N3O5. The van der Waals surface area contributed by atoms with Crippen LogP contribution in [0.5, 0.6) is 0 Å². The molecule has 3 fully saturated rings. The highest BCUT2D eigenvalue weighted by molar-refractivity contribution is 6.05. The van der Waals surface area contributed by atoms with E-state index in [1.165, 1.54) is 5.56 Å². The largest absolute Gasteiger partial charge is 0.450 e. The van der Waals surface area contributed by atoms with Crippen molar-refractivity contribution in [2.45, 2.75) is 64.0 Å². The molecule has 3 heterocycles. The Morgan fingerprint density at radius 2 is 1.94 bits per heavy atom. The molecule has 1 aliphatic carbocycles. The predicted octanol–water partition coefficient (Wildman–Crippen LogP) is 2.56. The summed E-state index contributed by atoms with van der Waals surface area (Å²) < 4.78 is 5.12. The van der Waals surface area contributed by atoms with Gasteiger partial charge in [-0.2, -0.15) is 0 Å². The van der Waals surface area contributed by atoms with Gasteiger partial charge < -0.3 is 14.5 Å². The summed E-state index contributed by atoms with van der Waals surface area (Å²) in [5.74, 6) is -0.311. The third kappa shape index (κ3) is 3.55. The normalized spacial score (nSPS) is 24.9. The van der Waals surface area contributed by atoms with Crippen LogP contribution >= 0.6 is 0 Å². The van der Waals surface area contributed by atoms with Crippen molar-refractivity contribution < 1.29 is 23.9 Å². The van der Waals surface area contributed by atoms with E-state index in [0.29, 0.717) is 36.5 Å². The summed E-state index contributed by atoms with van der Waals surface area (Å²) >= 11 is 0. The van der Waals surface area contributed by atoms with Gasteiger partial charge in [0.05, 0.1) is 6.61 Å². The molecule has 1 N–H and O–H groups in total. The summed E-state index contributed by atoms with van der Waals surface area (Å²) in [5.41, 5.74) is 3.19. The number of fused-ring (bicyclic) bond motifs is 1. The average molecular weight is 440 g/mol. The van der Waals surface area contributed by atoms with Crippen LogP contribution in [0.2, 0.25) is 0 Å². The van der Waals surface area contributed by atoms with Gasteiger partial charge in [-0.05, 0) is 67.6 Å². The standard InChI is InChI=1S/C24H29N3O5/c1-2-32-23(31)26-9-7-24(8-10-26)12-17(13-24)15-3-4-18-16(11-15)14-27(22(18)30)19-5-6-20(28)25-21(19)29/h3-4,11,17,19H,2,5-10,12-14H2,1H3,(H,25,28,29). The number of piperidine rings is 2. The predicted molar refractivity (Wildman–Crippen MR) is 115 cm³/mol. The molecule has 1 atom stereocenters. The van der Waals surface area contributed by atoms with Crippen molar-refractivity contribution in [2.24, 2.45) is 5.41 Å². The molecule has 1 unspecified atom stereocenters. The fourth-order valence-electron chi connectivity index (χ4n) is 5.86. The van der Waals surface area contributed by atoms with Gasteiger partial charge in [-0.3, -0.25) is 19.7 Å². The van der Waals surface area contributed by atoms with E-state index < -0.39 is 6.04 Å². The number of imide groups is 1. The van der Waals surface area contributed by atoms with Gasteiger partial charge in [0.1, 0.15) is 6.04 Å². The molecule has 5 rings (SSSR count). The van der Waals surface area contributed by atoms with Crippen LogP contribution in [-0.2, 0) is 20.9 Å². The molecule has 2 saturated heterocycles. The smallest absolute Gasteiger partial charge is 0.409 e. The Labute approximate surface area is 187 Å². The van der Waals surface area contributed by atoms with Crippen molar-refractivity contribution in [3.8, 4) is 0 Å². The van der Waals surface area contributed by atoms with Crippen LogP contribution in [0.25, 0.3) is 0 Å². The Morgan fingerprint density at radius 3 is 2.62 bits per heavy atom. The lowest BCUT2D eigenvalue weighted by Crippen LogP contribution is -2.52. The van der Waals surface area contributed by atoms with E-state index in [4.69, 9.17) is 4.74 Å². The first-order valence-electron chi connectivity index (χ1n) is 11.6. The highest BCUT2D eigenvalue weighted by atomic mass is 16.6. The Bertz CT molecular complexity index is 974. The molecule has 4 aliphatic rings. The molecule has 1 aromatic rings. The van der Waals surface area contributed by atoms with Gasteiger partial charge in [-0.15, -0.1) is 0 Å². The summed E-state index contributed by atoms with van der Waals surface area (Å²) in [5, 5.41) is 2.35. The average Bonchev–Trinajstić information content (AvgIpc) is 3.08. The minimum absolute atomic E-state index is 0.127. The molecule has 1 saturated carbocycles. The number of hydrogen-bond acceptors (Lipinski definition) is 5. The van der Waals surface area contributed by atoms with Gasteiger partial charge in [-0.1, -0.05) is 12.1 Å². The summed E-state index contributed by atoms with van der Waals surface area (Å²) in [7, 11) is 0. The number of nitrogens with one attached hydrogen (secondary N) is 1. The van der Waals surface area contributed by atoms with Crippen LogP contribution in [-0.4, -0.2) is 59.4 Å². The van der Waals surface area contributed by atoms with Crippen LogP contribution in [0.3, 0.4) is 0 Å². The summed E-state index contributed by atoms with van der Waals surface area (Å²) in [4.78, 5) is 51.9. The van der Waals surface area contributed by atoms with Crippen LogP contribution in [0.4, 0.5) is 4.79 Å². The van der Waals surface area contributed by atoms with Gasteiger partial charge in [0.2, 0.25) is 11.8 Å². The zero-order valence-corrected chi connectivity index (χ0v) is 18.4. The van der Waals surface area contributed by atoms with Crippen molar-refractivity contribution in [3.63, 3.8) is 0 Å². The molecule has 1 aromatic carbocycles. The van der Waals surface area contributed by atoms with E-state index in [2.05, 4.69) is 17.4 Å². The lowest BCUT2D eigenvalue weighted by atomic mass is 9.56. The van der Waals surface area contributed by atoms with E-state index in [9.17, 15) is 19.2 Å². The second kappa shape index (κ2) is 7.90. The topological polar surface area (TPSA) is 96.0 Å². The first-order chi connectivity index (χ1) is 15.4. The molecular weight excluding hydrogens is 410 g/mol. The maximum Gasteiger partial charge on any atom is 0.409 e. The van der Waals surface area contributed by atoms with E-state index in [1.54, 1.807) is 4.90 Å². The summed E-state index contributed by atoms with van der Waals surface area (Å²) in [6, 6.07) is 5.50. The molecule has 0 aromatic heterocycles. The number of nitrogens with zero attached hydrogens (tertiary/aromatic N) is 2. The van der Waals surface area contributed by atoms with Crippen LogP contribution in [0, 0.1) is 5.41 Å². The molecule has 1 spiro atoms. The second-order valence-electron chi connectivity index (χ2n) is 9.61. The van der Waals surface area contributed by atoms with Crippen molar-refractivity contribution in [1.29, 1.82) is 0 Å². The number of ether oxygens (including phenoxy) is 1. The molecule has 0 radical (unpaired) electrons. The first kappa shape index (κ1) is 21.0. The van der Waals surface area contributed by atoms with Crippen LogP contribution < -0.4 is 5.32 Å². The number of amides is 4. The molecule has 0 bridgehead atoms. The zero-order valence-electron chi connectivity index (χ0n) is 18.4. The lowest BCUT2D eigenvalue weighted by molar-refractivity contribution is -0.136. The number of hydrogen-bond donors (Lipinski definition) is 1. The third-order valence-corrected chi connectivity index (χ3v) is 7.73. The SMILES string of the molecule is CCOC(=O)N1CCC2(CC1)CC(c1ccc3c(c1)CN(C1CCC(=O)NC1=O)C3=O)C2. The van der Waals surface area contributed by atoms with Gasteiger partial charge in [0.15, 0.2) is 0 Å². The lowest BCUT2D eigenvalue weighted by Gasteiger charge is -2.52. The fourth-order valence-corrected chi connectivity index (χ4v) is 5.86. The van der Waals surface area contributed by atoms with Crippen molar-refractivity contribution in [3.05, 3.63) is 34.9 Å². The molecule has 3 aliphatic heterocycles. The minimum Gasteiger partial charge on any atom is -0.450 e. The molecule has 4 amide bonds. The maximum atomic E-state index is 12.9. The number of carbonyl (C=O) groups is 4. The number of carbonyl (C=O) groups excluding carboxylic acids is 4. The Kier molecular flexibility index (Phi) is 5.18. The molecule has 8 nitrogen and oxygen atoms in total. The van der Waals surface area contributed by atoms with Gasteiger partial charge >= 0.3 is 6.09 Å². The minimum atomic E-state index is -0.576. The third-order valence-electron chi connectivity index (χ3n) is 7.73. The summed E-state index contributed by atoms with van der Waals surface area (Å²) in [6.07, 6.45) is 4.66. The monoisotopic (exact) mass is 439 g/mol. The summed E-state index contributed by atoms with van der Waals surface area (Å²) in [6.45, 7) is 4.16. The van der Waals surface area contributed by atoms with Crippen molar-refractivity contribution in [2.75, 3.05) is 19.7 Å². The number of likely N-dealkylation sites (tertiary alicyclic amines) is 1. The van der Waals surface area contributed by atoms with Gasteiger partial charge in [0, 0.05) is 31.6 Å². The highest BCUT2D eigenvalue weighted by Gasteiger charge is 2.47. The zero-order chi connectivity index (χ0) is 22.5. The number of rotatable bonds is 3. The van der Waals surface area contributed by atoms with E-state index >= 15 is 0 Å². The first-order valence-corrected chi connectivity index (χ1v) is 11.6. The van der Waals surface area contributed by atoms with Crippen LogP contribution in [0.15, 0.2) is 18.2 Å².